The fraction of sp³-hybridized carbons (Fsp3) is 0.481. The van der Waals surface area contributed by atoms with Gasteiger partial charge in [0, 0.05) is 43.5 Å². The predicted molar refractivity (Wildman–Crippen MR) is 147 cm³/mol. The summed E-state index contributed by atoms with van der Waals surface area (Å²) >= 11 is 0. The Hall–Kier alpha value is -3.42. The van der Waals surface area contributed by atoms with Crippen molar-refractivity contribution in [3.63, 3.8) is 0 Å². The van der Waals surface area contributed by atoms with Crippen molar-refractivity contribution in [2.75, 3.05) is 42.5 Å². The molecule has 0 atom stereocenters. The average Bonchev–Trinajstić information content (AvgIpc) is 3.01. The highest BCUT2D eigenvalue weighted by atomic mass is 16.6. The highest BCUT2D eigenvalue weighted by Gasteiger charge is 2.27. The zero-order chi connectivity index (χ0) is 25.4. The van der Waals surface area contributed by atoms with E-state index in [1.54, 1.807) is 12.1 Å². The summed E-state index contributed by atoms with van der Waals surface area (Å²) < 4.78 is 0. The Bertz CT molecular complexity index is 1080. The van der Waals surface area contributed by atoms with Crippen molar-refractivity contribution in [2.45, 2.75) is 53.4 Å². The van der Waals surface area contributed by atoms with E-state index in [0.717, 1.165) is 74.5 Å². The van der Waals surface area contributed by atoms with Crippen molar-refractivity contribution in [3.8, 4) is 0 Å². The van der Waals surface area contributed by atoms with Gasteiger partial charge in [0.25, 0.3) is 5.69 Å². The number of nitrogens with two attached hydrogens (primary N) is 1. The normalized spacial score (nSPS) is 12.9. The molecule has 188 valence electrons. The first kappa shape index (κ1) is 26.2. The molecule has 0 amide bonds. The quantitative estimate of drug-likeness (QED) is 0.312. The Morgan fingerprint density at radius 3 is 2.11 bits per heavy atom. The lowest BCUT2D eigenvalue weighted by Crippen LogP contribution is -2.28. The van der Waals surface area contributed by atoms with E-state index in [1.165, 1.54) is 6.07 Å². The fourth-order valence-corrected chi connectivity index (χ4v) is 4.62. The second kappa shape index (κ2) is 12.3. The molecule has 0 aliphatic carbocycles. The first-order valence-electron chi connectivity index (χ1n) is 12.7. The maximum Gasteiger partial charge on any atom is 0.278 e. The molecular weight excluding hydrogens is 440 g/mol. The Balaban J connectivity index is 2.35. The van der Waals surface area contributed by atoms with Gasteiger partial charge in [0.15, 0.2) is 0 Å². The molecule has 1 heterocycles. The molecule has 2 aromatic carbocycles. The number of benzene rings is 2. The van der Waals surface area contributed by atoms with Gasteiger partial charge in [0.2, 0.25) is 0 Å². The highest BCUT2D eigenvalue weighted by Crippen LogP contribution is 2.40. The minimum absolute atomic E-state index is 0.0302. The third kappa shape index (κ3) is 5.99. The standard InChI is InChI=1S/C27H38N6O2/c1-5-13-31(14-6-2)20-17-22-26(21-11-9-10-12-23(21)33(34)35)29-19-25(28)30-27(22)24(18-20)32(15-7-3)16-8-4/h9-12,17-18H,5-8,13-16,19H2,1-4H3,(H2,28,30). The van der Waals surface area contributed by atoms with Gasteiger partial charge in [-0.05, 0) is 43.9 Å². The molecule has 0 bridgehead atoms. The van der Waals surface area contributed by atoms with Gasteiger partial charge in [-0.15, -0.1) is 0 Å². The molecule has 3 rings (SSSR count). The number of amidine groups is 1. The lowest BCUT2D eigenvalue weighted by molar-refractivity contribution is -0.385. The number of rotatable bonds is 12. The number of hydrogen-bond donors (Lipinski definition) is 1. The minimum atomic E-state index is -0.349. The molecule has 0 unspecified atom stereocenters. The molecule has 0 spiro atoms. The number of fused-ring (bicyclic) bond motifs is 1. The van der Waals surface area contributed by atoms with Crippen LogP contribution in [0.4, 0.5) is 22.7 Å². The molecule has 0 saturated heterocycles. The van der Waals surface area contributed by atoms with Crippen molar-refractivity contribution < 1.29 is 4.92 Å². The summed E-state index contributed by atoms with van der Waals surface area (Å²) in [7, 11) is 0. The molecular formula is C27H38N6O2. The molecule has 0 fully saturated rings. The molecule has 2 N–H and O–H groups in total. The average molecular weight is 479 g/mol. The van der Waals surface area contributed by atoms with Crippen LogP contribution < -0.4 is 15.5 Å². The van der Waals surface area contributed by atoms with Crippen molar-refractivity contribution in [1.29, 1.82) is 0 Å². The summed E-state index contributed by atoms with van der Waals surface area (Å²) in [6.45, 7) is 12.5. The van der Waals surface area contributed by atoms with E-state index in [4.69, 9.17) is 15.7 Å². The van der Waals surface area contributed by atoms with Crippen molar-refractivity contribution in [1.82, 2.24) is 0 Å². The number of nitro benzene ring substituents is 1. The summed E-state index contributed by atoms with van der Waals surface area (Å²) in [5.41, 5.74) is 11.0. The monoisotopic (exact) mass is 478 g/mol. The van der Waals surface area contributed by atoms with Gasteiger partial charge in [-0.3, -0.25) is 15.1 Å². The Labute approximate surface area is 208 Å². The minimum Gasteiger partial charge on any atom is -0.386 e. The van der Waals surface area contributed by atoms with Crippen LogP contribution in [0.25, 0.3) is 0 Å². The summed E-state index contributed by atoms with van der Waals surface area (Å²) in [6, 6.07) is 11.1. The van der Waals surface area contributed by atoms with Crippen LogP contribution in [0, 0.1) is 10.1 Å². The predicted octanol–water partition coefficient (Wildman–Crippen LogP) is 5.69. The Morgan fingerprint density at radius 1 is 0.914 bits per heavy atom. The molecule has 1 aliphatic heterocycles. The van der Waals surface area contributed by atoms with Gasteiger partial charge in [0.1, 0.15) is 5.84 Å². The molecule has 8 nitrogen and oxygen atoms in total. The molecule has 8 heteroatoms. The van der Waals surface area contributed by atoms with Gasteiger partial charge in [-0.2, -0.15) is 0 Å². The number of nitrogens with zero attached hydrogens (tertiary/aromatic N) is 5. The second-order valence-corrected chi connectivity index (χ2v) is 8.88. The molecule has 0 aromatic heterocycles. The lowest BCUT2D eigenvalue weighted by Gasteiger charge is -2.30. The van der Waals surface area contributed by atoms with Crippen LogP contribution >= 0.6 is 0 Å². The molecule has 2 aromatic rings. The number of anilines is 2. The van der Waals surface area contributed by atoms with Crippen molar-refractivity contribution >= 4 is 34.3 Å². The number of nitro groups is 1. The van der Waals surface area contributed by atoms with Crippen LogP contribution in [0.3, 0.4) is 0 Å². The van der Waals surface area contributed by atoms with E-state index in [0.29, 0.717) is 17.1 Å². The van der Waals surface area contributed by atoms with Crippen LogP contribution in [-0.2, 0) is 0 Å². The zero-order valence-electron chi connectivity index (χ0n) is 21.5. The summed E-state index contributed by atoms with van der Waals surface area (Å²) in [4.78, 5) is 25.9. The SMILES string of the molecule is CCCN(CCC)c1cc2c(c(N(CCC)CCC)c1)N=C(N)CN=C2c1ccccc1[N+](=O)[O-]. The fourth-order valence-electron chi connectivity index (χ4n) is 4.62. The maximum atomic E-state index is 11.9. The van der Waals surface area contributed by atoms with Crippen molar-refractivity contribution in [3.05, 3.63) is 57.6 Å². The Morgan fingerprint density at radius 2 is 1.51 bits per heavy atom. The number of para-hydroxylation sites is 1. The van der Waals surface area contributed by atoms with Gasteiger partial charge < -0.3 is 15.5 Å². The van der Waals surface area contributed by atoms with E-state index in [1.807, 2.05) is 6.07 Å². The first-order chi connectivity index (χ1) is 16.9. The van der Waals surface area contributed by atoms with Crippen LogP contribution in [0.1, 0.15) is 64.5 Å². The zero-order valence-corrected chi connectivity index (χ0v) is 21.5. The third-order valence-electron chi connectivity index (χ3n) is 6.02. The first-order valence-corrected chi connectivity index (χ1v) is 12.7. The summed E-state index contributed by atoms with van der Waals surface area (Å²) in [6.07, 6.45) is 4.04. The Kier molecular flexibility index (Phi) is 9.23. The highest BCUT2D eigenvalue weighted by molar-refractivity contribution is 6.20. The largest absolute Gasteiger partial charge is 0.386 e. The topological polar surface area (TPSA) is 100 Å². The van der Waals surface area contributed by atoms with E-state index in [-0.39, 0.29) is 17.2 Å². The van der Waals surface area contributed by atoms with Gasteiger partial charge in [-0.1, -0.05) is 39.8 Å². The molecule has 35 heavy (non-hydrogen) atoms. The molecule has 1 aliphatic rings. The maximum absolute atomic E-state index is 11.9. The van der Waals surface area contributed by atoms with Gasteiger partial charge >= 0.3 is 0 Å². The van der Waals surface area contributed by atoms with Crippen LogP contribution in [0.2, 0.25) is 0 Å². The third-order valence-corrected chi connectivity index (χ3v) is 6.02. The number of hydrogen-bond acceptors (Lipinski definition) is 7. The summed E-state index contributed by atoms with van der Waals surface area (Å²) in [5, 5.41) is 11.9. The van der Waals surface area contributed by atoms with Crippen molar-refractivity contribution in [2.24, 2.45) is 15.7 Å². The summed E-state index contributed by atoms with van der Waals surface area (Å²) in [5.74, 6) is 0.403. The second-order valence-electron chi connectivity index (χ2n) is 8.88. The molecule has 0 saturated carbocycles. The van der Waals surface area contributed by atoms with Crippen LogP contribution in [0.15, 0.2) is 46.4 Å². The van der Waals surface area contributed by atoms with E-state index >= 15 is 0 Å². The van der Waals surface area contributed by atoms with Crippen LogP contribution in [0.5, 0.6) is 0 Å². The van der Waals surface area contributed by atoms with E-state index in [2.05, 4.69) is 49.6 Å². The van der Waals surface area contributed by atoms with E-state index in [9.17, 15) is 10.1 Å². The number of aliphatic imine (C=N–C) groups is 2. The van der Waals surface area contributed by atoms with Gasteiger partial charge in [-0.25, -0.2) is 4.99 Å². The lowest BCUT2D eigenvalue weighted by atomic mass is 9.96. The molecule has 0 radical (unpaired) electrons. The van der Waals surface area contributed by atoms with E-state index < -0.39 is 0 Å². The smallest absolute Gasteiger partial charge is 0.278 e. The van der Waals surface area contributed by atoms with Gasteiger partial charge in [0.05, 0.1) is 34.1 Å². The van der Waals surface area contributed by atoms with Crippen LogP contribution in [-0.4, -0.2) is 49.2 Å².